The fraction of sp³-hybridized carbons (Fsp3) is 0.636. The summed E-state index contributed by atoms with van der Waals surface area (Å²) in [5.74, 6) is 0. The van der Waals surface area contributed by atoms with Crippen molar-refractivity contribution >= 4 is 0 Å². The van der Waals surface area contributed by atoms with Crippen LogP contribution in [0.3, 0.4) is 0 Å². The van der Waals surface area contributed by atoms with Gasteiger partial charge in [-0.3, -0.25) is 0 Å². The van der Waals surface area contributed by atoms with Gasteiger partial charge in [0.15, 0.2) is 0 Å². The first-order valence-electron chi connectivity index (χ1n) is 5.06. The minimum atomic E-state index is 0.756. The first-order chi connectivity index (χ1) is 6.61. The summed E-state index contributed by atoms with van der Waals surface area (Å²) in [4.78, 5) is 2.25. The van der Waals surface area contributed by atoms with Crippen LogP contribution in [0.1, 0.15) is 19.8 Å². The van der Waals surface area contributed by atoms with Gasteiger partial charge in [0, 0.05) is 31.5 Å². The third-order valence-corrected chi connectivity index (χ3v) is 2.22. The zero-order chi connectivity index (χ0) is 11.0. The second-order valence-electron chi connectivity index (χ2n) is 3.46. The Labute approximate surface area is 87.7 Å². The molecule has 0 fully saturated rings. The molecule has 3 N–H and O–H groups in total. The van der Waals surface area contributed by atoms with Crippen molar-refractivity contribution in [1.82, 2.24) is 10.2 Å². The number of likely N-dealkylation sites (N-methyl/N-ethyl adjacent to an activating group) is 2. The van der Waals surface area contributed by atoms with Crippen LogP contribution in [0, 0.1) is 0 Å². The second-order valence-corrected chi connectivity index (χ2v) is 3.46. The van der Waals surface area contributed by atoms with Gasteiger partial charge in [-0.05, 0) is 26.8 Å². The van der Waals surface area contributed by atoms with Crippen LogP contribution in [0.4, 0.5) is 0 Å². The monoisotopic (exact) mass is 197 g/mol. The van der Waals surface area contributed by atoms with E-state index in [9.17, 15) is 0 Å². The lowest BCUT2D eigenvalue weighted by molar-refractivity contribution is 0.398. The molecular weight excluding hydrogens is 174 g/mol. The average Bonchev–Trinajstić information content (AvgIpc) is 2.15. The number of hydrogen-bond donors (Lipinski definition) is 2. The van der Waals surface area contributed by atoms with Gasteiger partial charge in [-0.1, -0.05) is 12.7 Å². The van der Waals surface area contributed by atoms with Gasteiger partial charge in [0.05, 0.1) is 0 Å². The molecule has 3 nitrogen and oxygen atoms in total. The Morgan fingerprint density at radius 3 is 2.57 bits per heavy atom. The topological polar surface area (TPSA) is 41.3 Å². The van der Waals surface area contributed by atoms with Crippen LogP contribution in [-0.2, 0) is 0 Å². The average molecular weight is 197 g/mol. The van der Waals surface area contributed by atoms with Crippen molar-refractivity contribution in [3.8, 4) is 0 Å². The van der Waals surface area contributed by atoms with Crippen molar-refractivity contribution in [1.29, 1.82) is 0 Å². The van der Waals surface area contributed by atoms with E-state index in [1.165, 1.54) is 5.70 Å². The molecule has 0 rings (SSSR count). The van der Waals surface area contributed by atoms with E-state index in [-0.39, 0.29) is 0 Å². The molecule has 14 heavy (non-hydrogen) atoms. The van der Waals surface area contributed by atoms with Crippen LogP contribution in [-0.4, -0.2) is 32.1 Å². The van der Waals surface area contributed by atoms with Gasteiger partial charge in [0.1, 0.15) is 0 Å². The highest BCUT2D eigenvalue weighted by Gasteiger charge is 2.02. The summed E-state index contributed by atoms with van der Waals surface area (Å²) in [6.07, 6.45) is 3.98. The van der Waals surface area contributed by atoms with Crippen molar-refractivity contribution in [2.75, 3.05) is 27.2 Å². The Kier molecular flexibility index (Phi) is 6.93. The van der Waals surface area contributed by atoms with E-state index < -0.39 is 0 Å². The number of nitrogens with zero attached hydrogens (tertiary/aromatic N) is 1. The quantitative estimate of drug-likeness (QED) is 0.646. The third kappa shape index (κ3) is 5.65. The number of allylic oxidation sites excluding steroid dienone is 3. The third-order valence-electron chi connectivity index (χ3n) is 2.22. The Morgan fingerprint density at radius 1 is 1.50 bits per heavy atom. The van der Waals surface area contributed by atoms with Crippen molar-refractivity contribution in [2.45, 2.75) is 19.8 Å². The molecule has 0 atom stereocenters. The molecule has 82 valence electrons. The molecule has 0 heterocycles. The van der Waals surface area contributed by atoms with Crippen molar-refractivity contribution < 1.29 is 0 Å². The predicted molar refractivity (Wildman–Crippen MR) is 62.9 cm³/mol. The van der Waals surface area contributed by atoms with Gasteiger partial charge in [-0.2, -0.15) is 0 Å². The minimum Gasteiger partial charge on any atom is -0.403 e. The molecular formula is C11H23N3. The number of hydrogen-bond acceptors (Lipinski definition) is 3. The molecule has 0 spiro atoms. The Balaban J connectivity index is 3.94. The van der Waals surface area contributed by atoms with Crippen LogP contribution in [0.25, 0.3) is 0 Å². The lowest BCUT2D eigenvalue weighted by Crippen LogP contribution is -2.27. The van der Waals surface area contributed by atoms with Gasteiger partial charge in [0.25, 0.3) is 0 Å². The lowest BCUT2D eigenvalue weighted by atomic mass is 10.2. The summed E-state index contributed by atoms with van der Waals surface area (Å²) in [7, 11) is 4.07. The second kappa shape index (κ2) is 7.44. The van der Waals surface area contributed by atoms with E-state index in [0.717, 1.165) is 31.6 Å². The number of rotatable bonds is 7. The van der Waals surface area contributed by atoms with Crippen LogP contribution >= 0.6 is 0 Å². The zero-order valence-corrected chi connectivity index (χ0v) is 9.64. The number of nitrogens with two attached hydrogens (primary N) is 1. The molecule has 0 aromatic carbocycles. The maximum Gasteiger partial charge on any atom is 0.0296 e. The van der Waals surface area contributed by atoms with E-state index in [1.807, 2.05) is 7.05 Å². The molecule has 0 saturated heterocycles. The first-order valence-corrected chi connectivity index (χ1v) is 5.06. The lowest BCUT2D eigenvalue weighted by Gasteiger charge is -2.22. The molecule has 0 aliphatic rings. The molecule has 0 amide bonds. The molecule has 0 aliphatic heterocycles. The van der Waals surface area contributed by atoms with Crippen molar-refractivity contribution in [2.24, 2.45) is 5.73 Å². The predicted octanol–water partition coefficient (Wildman–Crippen LogP) is 1.29. The zero-order valence-electron chi connectivity index (χ0n) is 9.64. The highest BCUT2D eigenvalue weighted by atomic mass is 15.1. The minimum absolute atomic E-state index is 0.756. The van der Waals surface area contributed by atoms with Gasteiger partial charge < -0.3 is 16.0 Å². The van der Waals surface area contributed by atoms with Gasteiger partial charge in [0.2, 0.25) is 0 Å². The van der Waals surface area contributed by atoms with Crippen LogP contribution < -0.4 is 11.1 Å². The van der Waals surface area contributed by atoms with Crippen LogP contribution in [0.2, 0.25) is 0 Å². The maximum atomic E-state index is 5.54. The summed E-state index contributed by atoms with van der Waals surface area (Å²) in [6, 6.07) is 0. The highest BCUT2D eigenvalue weighted by Crippen LogP contribution is 2.10. The fourth-order valence-corrected chi connectivity index (χ4v) is 1.27. The molecule has 0 unspecified atom stereocenters. The summed E-state index contributed by atoms with van der Waals surface area (Å²) in [5.41, 5.74) is 7.62. The molecule has 0 saturated carbocycles. The molecule has 0 radical (unpaired) electrons. The van der Waals surface area contributed by atoms with Crippen LogP contribution in [0.5, 0.6) is 0 Å². The Morgan fingerprint density at radius 2 is 2.14 bits per heavy atom. The van der Waals surface area contributed by atoms with Gasteiger partial charge in [-0.25, -0.2) is 0 Å². The Bertz CT molecular complexity index is 197. The normalized spacial score (nSPS) is 11.5. The van der Waals surface area contributed by atoms with Gasteiger partial charge in [-0.15, -0.1) is 0 Å². The molecule has 0 aromatic rings. The largest absolute Gasteiger partial charge is 0.403 e. The highest BCUT2D eigenvalue weighted by molar-refractivity contribution is 5.02. The smallest absolute Gasteiger partial charge is 0.0296 e. The van der Waals surface area contributed by atoms with E-state index in [4.69, 9.17) is 5.73 Å². The van der Waals surface area contributed by atoms with Crippen molar-refractivity contribution in [3.63, 3.8) is 0 Å². The van der Waals surface area contributed by atoms with Gasteiger partial charge >= 0.3 is 0 Å². The first kappa shape index (κ1) is 13.0. The molecule has 0 aliphatic carbocycles. The summed E-state index contributed by atoms with van der Waals surface area (Å²) < 4.78 is 0. The molecule has 3 heteroatoms. The van der Waals surface area contributed by atoms with E-state index in [1.54, 1.807) is 0 Å². The van der Waals surface area contributed by atoms with E-state index in [0.29, 0.717) is 0 Å². The maximum absolute atomic E-state index is 5.54. The molecule has 0 aromatic heterocycles. The summed E-state index contributed by atoms with van der Waals surface area (Å²) in [6.45, 7) is 7.78. The van der Waals surface area contributed by atoms with E-state index in [2.05, 4.69) is 36.8 Å². The standard InChI is InChI=1S/C11H23N3/c1-5-11(7-6-10(2)12)14(4)9-8-13-3/h5,13H,2,6-9,12H2,1,3-4H3/b11-5+. The fourth-order valence-electron chi connectivity index (χ4n) is 1.27. The summed E-state index contributed by atoms with van der Waals surface area (Å²) >= 11 is 0. The van der Waals surface area contributed by atoms with Crippen molar-refractivity contribution in [3.05, 3.63) is 24.0 Å². The number of nitrogens with one attached hydrogen (secondary N) is 1. The van der Waals surface area contributed by atoms with Crippen LogP contribution in [0.15, 0.2) is 24.0 Å². The Hall–Kier alpha value is -0.960. The SMILES string of the molecule is C=C(N)CC/C(=C\C)N(C)CCNC. The molecule has 0 bridgehead atoms. The van der Waals surface area contributed by atoms with E-state index >= 15 is 0 Å². The summed E-state index contributed by atoms with van der Waals surface area (Å²) in [5, 5.41) is 3.13.